The third-order valence-corrected chi connectivity index (χ3v) is 3.48. The number of hydrogen-bond acceptors (Lipinski definition) is 3. The number of hydrogen-bond donors (Lipinski definition) is 1. The summed E-state index contributed by atoms with van der Waals surface area (Å²) in [5.74, 6) is 0.260. The fourth-order valence-electron chi connectivity index (χ4n) is 2.08. The summed E-state index contributed by atoms with van der Waals surface area (Å²) >= 11 is 6.03. The van der Waals surface area contributed by atoms with E-state index in [4.69, 9.17) is 16.3 Å². The highest BCUT2D eigenvalue weighted by molar-refractivity contribution is 6.26. The Hall–Kier alpha value is -0.800. The molecule has 88 valence electrons. The number of unbranched alkanes of at least 4 members (excludes halogenated alkanes) is 1. The highest BCUT2D eigenvalue weighted by Gasteiger charge is 2.40. The maximum absolute atomic E-state index is 11.6. The van der Waals surface area contributed by atoms with E-state index in [1.54, 1.807) is 0 Å². The third-order valence-electron chi connectivity index (χ3n) is 2.97. The molecular formula is C12H15ClO3. The van der Waals surface area contributed by atoms with Gasteiger partial charge in [-0.1, -0.05) is 13.3 Å². The van der Waals surface area contributed by atoms with Crippen LogP contribution in [-0.4, -0.2) is 22.6 Å². The van der Waals surface area contributed by atoms with E-state index in [9.17, 15) is 9.90 Å². The van der Waals surface area contributed by atoms with Crippen LogP contribution in [0.25, 0.3) is 0 Å². The molecule has 0 aromatic heterocycles. The molecule has 2 rings (SSSR count). The van der Waals surface area contributed by atoms with Gasteiger partial charge in [0.2, 0.25) is 0 Å². The molecule has 0 aromatic rings. The van der Waals surface area contributed by atoms with Crippen LogP contribution in [0, 0.1) is 0 Å². The van der Waals surface area contributed by atoms with Gasteiger partial charge in [-0.05, 0) is 25.3 Å². The molecule has 0 bridgehead atoms. The first-order chi connectivity index (χ1) is 7.65. The number of esters is 1. The van der Waals surface area contributed by atoms with Crippen LogP contribution in [0.5, 0.6) is 0 Å². The Bertz CT molecular complexity index is 370. The van der Waals surface area contributed by atoms with E-state index in [0.29, 0.717) is 24.2 Å². The number of rotatable bonds is 2. The Balaban J connectivity index is 2.31. The average molecular weight is 243 g/mol. The van der Waals surface area contributed by atoms with E-state index >= 15 is 0 Å². The number of ether oxygens (including phenoxy) is 1. The fourth-order valence-corrected chi connectivity index (χ4v) is 2.43. The van der Waals surface area contributed by atoms with E-state index in [1.165, 1.54) is 0 Å². The summed E-state index contributed by atoms with van der Waals surface area (Å²) in [6, 6.07) is 0. The van der Waals surface area contributed by atoms with Crippen molar-refractivity contribution >= 4 is 17.6 Å². The average Bonchev–Trinajstić information content (AvgIpc) is 2.58. The normalized spacial score (nSPS) is 31.9. The Kier molecular flexibility index (Phi) is 3.36. The van der Waals surface area contributed by atoms with Gasteiger partial charge >= 0.3 is 5.97 Å². The molecule has 1 heterocycles. The Morgan fingerprint density at radius 1 is 1.62 bits per heavy atom. The Morgan fingerprint density at radius 3 is 3.06 bits per heavy atom. The van der Waals surface area contributed by atoms with Gasteiger partial charge in [-0.3, -0.25) is 0 Å². The number of cyclic esters (lactones) is 1. The lowest BCUT2D eigenvalue weighted by molar-refractivity contribution is -0.133. The lowest BCUT2D eigenvalue weighted by Gasteiger charge is -2.22. The maximum atomic E-state index is 11.6. The van der Waals surface area contributed by atoms with Crippen molar-refractivity contribution in [3.63, 3.8) is 0 Å². The van der Waals surface area contributed by atoms with E-state index in [1.807, 2.05) is 6.08 Å². The SMILES string of the molecule is CCC/C=C1\OC(=O)C2=C1CCC(O)C2Cl. The first-order valence-corrected chi connectivity index (χ1v) is 6.06. The maximum Gasteiger partial charge on any atom is 0.341 e. The summed E-state index contributed by atoms with van der Waals surface area (Å²) in [4.78, 5) is 11.6. The first kappa shape index (κ1) is 11.7. The summed E-state index contributed by atoms with van der Waals surface area (Å²) in [5.41, 5.74) is 1.35. The zero-order chi connectivity index (χ0) is 11.7. The summed E-state index contributed by atoms with van der Waals surface area (Å²) in [6.45, 7) is 2.07. The largest absolute Gasteiger partial charge is 0.423 e. The minimum atomic E-state index is -0.640. The predicted octanol–water partition coefficient (Wildman–Crippen LogP) is 2.29. The van der Waals surface area contributed by atoms with Gasteiger partial charge in [0, 0.05) is 5.57 Å². The molecular weight excluding hydrogens is 228 g/mol. The summed E-state index contributed by atoms with van der Waals surface area (Å²) in [5, 5.41) is 8.99. The molecule has 2 unspecified atom stereocenters. The molecule has 0 spiro atoms. The second-order valence-electron chi connectivity index (χ2n) is 4.15. The number of alkyl halides is 1. The first-order valence-electron chi connectivity index (χ1n) is 5.63. The predicted molar refractivity (Wildman–Crippen MR) is 61.0 cm³/mol. The van der Waals surface area contributed by atoms with Gasteiger partial charge in [0.25, 0.3) is 0 Å². The van der Waals surface area contributed by atoms with Gasteiger partial charge in [0.15, 0.2) is 0 Å². The number of carbonyl (C=O) groups is 1. The van der Waals surface area contributed by atoms with Gasteiger partial charge in [0.05, 0.1) is 17.1 Å². The zero-order valence-corrected chi connectivity index (χ0v) is 9.96. The van der Waals surface area contributed by atoms with Crippen LogP contribution in [0.3, 0.4) is 0 Å². The quantitative estimate of drug-likeness (QED) is 0.597. The van der Waals surface area contributed by atoms with Crippen molar-refractivity contribution in [3.05, 3.63) is 23.0 Å². The van der Waals surface area contributed by atoms with E-state index in [0.717, 1.165) is 18.4 Å². The lowest BCUT2D eigenvalue weighted by Crippen LogP contribution is -2.29. The minimum absolute atomic E-state index is 0.392. The molecule has 3 nitrogen and oxygen atoms in total. The molecule has 0 aromatic carbocycles. The molecule has 0 saturated heterocycles. The van der Waals surface area contributed by atoms with E-state index in [2.05, 4.69) is 6.92 Å². The van der Waals surface area contributed by atoms with Gasteiger partial charge in [-0.25, -0.2) is 4.79 Å². The van der Waals surface area contributed by atoms with Gasteiger partial charge < -0.3 is 9.84 Å². The molecule has 16 heavy (non-hydrogen) atoms. The second kappa shape index (κ2) is 4.60. The summed E-state index contributed by atoms with van der Waals surface area (Å²) < 4.78 is 5.18. The standard InChI is InChI=1S/C12H15ClO3/c1-2-3-4-9-7-5-6-8(14)11(13)10(7)12(15)16-9/h4,8,11,14H,2-3,5-6H2,1H3/b9-4-. The summed E-state index contributed by atoms with van der Waals surface area (Å²) in [7, 11) is 0. The van der Waals surface area contributed by atoms with Crippen molar-refractivity contribution in [2.45, 2.75) is 44.1 Å². The monoisotopic (exact) mass is 242 g/mol. The molecule has 1 aliphatic carbocycles. The topological polar surface area (TPSA) is 46.5 Å². The molecule has 2 aliphatic rings. The summed E-state index contributed by atoms with van der Waals surface area (Å²) in [6.07, 6.45) is 4.44. The molecule has 1 aliphatic heterocycles. The van der Waals surface area contributed by atoms with Crippen LogP contribution in [0.15, 0.2) is 23.0 Å². The molecule has 0 amide bonds. The van der Waals surface area contributed by atoms with Gasteiger partial charge in [-0.15, -0.1) is 11.6 Å². The smallest absolute Gasteiger partial charge is 0.341 e. The minimum Gasteiger partial charge on any atom is -0.423 e. The number of aliphatic hydroxyl groups is 1. The van der Waals surface area contributed by atoms with Crippen LogP contribution >= 0.6 is 11.6 Å². The fraction of sp³-hybridized carbons (Fsp3) is 0.583. The molecule has 1 N–H and O–H groups in total. The molecule has 4 heteroatoms. The molecule has 0 fully saturated rings. The van der Waals surface area contributed by atoms with Gasteiger partial charge in [-0.2, -0.15) is 0 Å². The highest BCUT2D eigenvalue weighted by Crippen LogP contribution is 2.39. The third kappa shape index (κ3) is 1.89. The Morgan fingerprint density at radius 2 is 2.38 bits per heavy atom. The van der Waals surface area contributed by atoms with Crippen molar-refractivity contribution < 1.29 is 14.6 Å². The van der Waals surface area contributed by atoms with Crippen LogP contribution in [0.2, 0.25) is 0 Å². The lowest BCUT2D eigenvalue weighted by atomic mass is 9.89. The number of aliphatic hydroxyl groups excluding tert-OH is 1. The van der Waals surface area contributed by atoms with Crippen LogP contribution in [-0.2, 0) is 9.53 Å². The van der Waals surface area contributed by atoms with Gasteiger partial charge in [0.1, 0.15) is 5.76 Å². The molecule has 2 atom stereocenters. The van der Waals surface area contributed by atoms with Crippen molar-refractivity contribution in [1.29, 1.82) is 0 Å². The van der Waals surface area contributed by atoms with Crippen molar-refractivity contribution in [1.82, 2.24) is 0 Å². The van der Waals surface area contributed by atoms with E-state index < -0.39 is 17.5 Å². The van der Waals surface area contributed by atoms with Crippen LogP contribution < -0.4 is 0 Å². The molecule has 0 saturated carbocycles. The van der Waals surface area contributed by atoms with Crippen molar-refractivity contribution in [2.24, 2.45) is 0 Å². The Labute approximate surface area is 99.7 Å². The number of halogens is 1. The van der Waals surface area contributed by atoms with Crippen molar-refractivity contribution in [3.8, 4) is 0 Å². The number of carbonyl (C=O) groups excluding carboxylic acids is 1. The second-order valence-corrected chi connectivity index (χ2v) is 4.62. The van der Waals surface area contributed by atoms with Crippen molar-refractivity contribution in [2.75, 3.05) is 0 Å². The van der Waals surface area contributed by atoms with Crippen LogP contribution in [0.4, 0.5) is 0 Å². The zero-order valence-electron chi connectivity index (χ0n) is 9.20. The van der Waals surface area contributed by atoms with E-state index in [-0.39, 0.29) is 0 Å². The molecule has 0 radical (unpaired) electrons. The number of allylic oxidation sites excluding steroid dienone is 2. The highest BCUT2D eigenvalue weighted by atomic mass is 35.5. The van der Waals surface area contributed by atoms with Crippen LogP contribution in [0.1, 0.15) is 32.6 Å².